The molecule has 0 spiro atoms. The number of hydrogen-bond acceptors (Lipinski definition) is 6. The van der Waals surface area contributed by atoms with Crippen LogP contribution in [0.15, 0.2) is 10.9 Å². The zero-order valence-corrected chi connectivity index (χ0v) is 18.9. The van der Waals surface area contributed by atoms with Gasteiger partial charge in [0.2, 0.25) is 5.91 Å². The molecule has 8 heteroatoms. The van der Waals surface area contributed by atoms with Crippen LogP contribution in [0.4, 0.5) is 0 Å². The molecule has 0 unspecified atom stereocenters. The summed E-state index contributed by atoms with van der Waals surface area (Å²) >= 11 is 0. The molecule has 0 radical (unpaired) electrons. The summed E-state index contributed by atoms with van der Waals surface area (Å²) in [6.45, 7) is 8.32. The van der Waals surface area contributed by atoms with Crippen LogP contribution in [0.1, 0.15) is 49.5 Å². The number of fused-ring (bicyclic) bond motifs is 1. The van der Waals surface area contributed by atoms with E-state index in [2.05, 4.69) is 9.80 Å². The highest BCUT2D eigenvalue weighted by molar-refractivity contribution is 5.78. The van der Waals surface area contributed by atoms with Crippen molar-refractivity contribution in [3.05, 3.63) is 27.9 Å². The molecule has 0 aromatic carbocycles. The molecule has 1 atom stereocenters. The standard InChI is InChI=1S/C23H37N5O3/c1-31-15-14-25-10-12-26(13-11-25)18-23(30)27-8-5-6-19(17-27)20-16-22(29)28-9-4-2-3-7-21(28)24-20/h16,19H,2-15,17-18H2,1H3/t19-/m0/s1. The highest BCUT2D eigenvalue weighted by Crippen LogP contribution is 2.26. The zero-order chi connectivity index (χ0) is 21.6. The number of aromatic nitrogens is 2. The van der Waals surface area contributed by atoms with Gasteiger partial charge >= 0.3 is 0 Å². The highest BCUT2D eigenvalue weighted by Gasteiger charge is 2.28. The molecule has 31 heavy (non-hydrogen) atoms. The summed E-state index contributed by atoms with van der Waals surface area (Å²) in [6.07, 6.45) is 6.17. The summed E-state index contributed by atoms with van der Waals surface area (Å²) in [5.41, 5.74) is 0.971. The number of aryl methyl sites for hydroxylation is 1. The fourth-order valence-corrected chi connectivity index (χ4v) is 5.07. The van der Waals surface area contributed by atoms with E-state index in [4.69, 9.17) is 9.72 Å². The van der Waals surface area contributed by atoms with E-state index in [1.54, 1.807) is 13.2 Å². The molecule has 172 valence electrons. The average molecular weight is 432 g/mol. The summed E-state index contributed by atoms with van der Waals surface area (Å²) in [5, 5.41) is 0. The van der Waals surface area contributed by atoms with Gasteiger partial charge in [-0.05, 0) is 25.7 Å². The van der Waals surface area contributed by atoms with E-state index in [1.165, 1.54) is 0 Å². The molecule has 0 N–H and O–H groups in total. The smallest absolute Gasteiger partial charge is 0.253 e. The Labute approximate surface area is 185 Å². The average Bonchev–Trinajstić information content (AvgIpc) is 3.05. The van der Waals surface area contributed by atoms with E-state index in [1.807, 2.05) is 9.47 Å². The Morgan fingerprint density at radius 3 is 2.68 bits per heavy atom. The first-order valence-corrected chi connectivity index (χ1v) is 12.0. The molecule has 4 rings (SSSR count). The predicted molar refractivity (Wildman–Crippen MR) is 119 cm³/mol. The van der Waals surface area contributed by atoms with Gasteiger partial charge in [-0.15, -0.1) is 0 Å². The van der Waals surface area contributed by atoms with Crippen molar-refractivity contribution in [3.63, 3.8) is 0 Å². The van der Waals surface area contributed by atoms with Crippen molar-refractivity contribution in [2.45, 2.75) is 51.0 Å². The first-order valence-electron chi connectivity index (χ1n) is 12.0. The largest absolute Gasteiger partial charge is 0.383 e. The number of ether oxygens (including phenoxy) is 1. The van der Waals surface area contributed by atoms with Gasteiger partial charge < -0.3 is 9.64 Å². The Kier molecular flexibility index (Phi) is 7.74. The molecule has 4 heterocycles. The predicted octanol–water partition coefficient (Wildman–Crippen LogP) is 0.940. The van der Waals surface area contributed by atoms with Crippen LogP contribution in [0.3, 0.4) is 0 Å². The third-order valence-electron chi connectivity index (χ3n) is 7.02. The van der Waals surface area contributed by atoms with Crippen molar-refractivity contribution in [3.8, 4) is 0 Å². The SMILES string of the molecule is COCCN1CCN(CC(=O)N2CCC[C@H](c3cc(=O)n4c(n3)CCCCC4)C2)CC1. The third-order valence-corrected chi connectivity index (χ3v) is 7.02. The number of carbonyl (C=O) groups is 1. The van der Waals surface area contributed by atoms with Crippen molar-refractivity contribution >= 4 is 5.91 Å². The normalized spacial score (nSPS) is 23.4. The molecule has 1 aromatic heterocycles. The minimum Gasteiger partial charge on any atom is -0.383 e. The van der Waals surface area contributed by atoms with Gasteiger partial charge in [-0.25, -0.2) is 4.98 Å². The summed E-state index contributed by atoms with van der Waals surface area (Å²) in [4.78, 5) is 37.2. The number of amides is 1. The van der Waals surface area contributed by atoms with Crippen LogP contribution in [-0.4, -0.2) is 96.2 Å². The summed E-state index contributed by atoms with van der Waals surface area (Å²) in [7, 11) is 1.73. The Morgan fingerprint density at radius 2 is 1.87 bits per heavy atom. The van der Waals surface area contributed by atoms with E-state index < -0.39 is 0 Å². The summed E-state index contributed by atoms with van der Waals surface area (Å²) in [5.74, 6) is 1.32. The van der Waals surface area contributed by atoms with E-state index >= 15 is 0 Å². The Balaban J connectivity index is 1.33. The second kappa shape index (κ2) is 10.7. The Hall–Kier alpha value is -1.77. The fraction of sp³-hybridized carbons (Fsp3) is 0.783. The monoisotopic (exact) mass is 431 g/mol. The van der Waals surface area contributed by atoms with Crippen molar-refractivity contribution in [1.82, 2.24) is 24.3 Å². The van der Waals surface area contributed by atoms with Gasteiger partial charge in [0.05, 0.1) is 18.8 Å². The first kappa shape index (κ1) is 22.4. The molecule has 1 amide bonds. The number of nitrogens with zero attached hydrogens (tertiary/aromatic N) is 5. The number of likely N-dealkylation sites (tertiary alicyclic amines) is 1. The van der Waals surface area contributed by atoms with Crippen LogP contribution < -0.4 is 5.56 Å². The lowest BCUT2D eigenvalue weighted by atomic mass is 9.94. The van der Waals surface area contributed by atoms with Crippen LogP contribution in [0.5, 0.6) is 0 Å². The number of methoxy groups -OCH3 is 1. The second-order valence-corrected chi connectivity index (χ2v) is 9.19. The highest BCUT2D eigenvalue weighted by atomic mass is 16.5. The van der Waals surface area contributed by atoms with E-state index in [0.717, 1.165) is 102 Å². The molecular formula is C23H37N5O3. The lowest BCUT2D eigenvalue weighted by Gasteiger charge is -2.37. The van der Waals surface area contributed by atoms with Gasteiger partial charge in [0.1, 0.15) is 5.82 Å². The number of hydrogen-bond donors (Lipinski definition) is 0. The van der Waals surface area contributed by atoms with Gasteiger partial charge in [0, 0.05) is 77.9 Å². The van der Waals surface area contributed by atoms with Gasteiger partial charge in [0.15, 0.2) is 0 Å². The van der Waals surface area contributed by atoms with Crippen LogP contribution >= 0.6 is 0 Å². The maximum atomic E-state index is 13.0. The molecule has 0 bridgehead atoms. The van der Waals surface area contributed by atoms with Gasteiger partial charge in [-0.3, -0.25) is 24.0 Å². The molecule has 2 fully saturated rings. The van der Waals surface area contributed by atoms with Crippen LogP contribution in [0.25, 0.3) is 0 Å². The van der Waals surface area contributed by atoms with Crippen molar-refractivity contribution in [2.75, 3.05) is 66.1 Å². The molecule has 2 saturated heterocycles. The van der Waals surface area contributed by atoms with Crippen molar-refractivity contribution < 1.29 is 9.53 Å². The van der Waals surface area contributed by atoms with Crippen LogP contribution in [-0.2, 0) is 22.5 Å². The summed E-state index contributed by atoms with van der Waals surface area (Å²) in [6, 6.07) is 1.73. The lowest BCUT2D eigenvalue weighted by molar-refractivity contribution is -0.134. The minimum absolute atomic E-state index is 0.0803. The van der Waals surface area contributed by atoms with Gasteiger partial charge in [0.25, 0.3) is 5.56 Å². The molecule has 8 nitrogen and oxygen atoms in total. The second-order valence-electron chi connectivity index (χ2n) is 9.19. The molecule has 3 aliphatic heterocycles. The van der Waals surface area contributed by atoms with Gasteiger partial charge in [-0.1, -0.05) is 6.42 Å². The maximum absolute atomic E-state index is 13.0. The number of carbonyl (C=O) groups excluding carboxylic acids is 1. The first-order chi connectivity index (χ1) is 15.1. The fourth-order valence-electron chi connectivity index (χ4n) is 5.07. The topological polar surface area (TPSA) is 70.9 Å². The maximum Gasteiger partial charge on any atom is 0.253 e. The van der Waals surface area contributed by atoms with E-state index in [0.29, 0.717) is 13.1 Å². The number of piperazine rings is 1. The summed E-state index contributed by atoms with van der Waals surface area (Å²) < 4.78 is 7.02. The van der Waals surface area contributed by atoms with Crippen LogP contribution in [0, 0.1) is 0 Å². The number of piperidine rings is 1. The Morgan fingerprint density at radius 1 is 1.06 bits per heavy atom. The van der Waals surface area contributed by atoms with Gasteiger partial charge in [-0.2, -0.15) is 0 Å². The zero-order valence-electron chi connectivity index (χ0n) is 18.9. The molecule has 0 saturated carbocycles. The minimum atomic E-state index is 0.0803. The molecular weight excluding hydrogens is 394 g/mol. The molecule has 1 aromatic rings. The van der Waals surface area contributed by atoms with Crippen molar-refractivity contribution in [1.29, 1.82) is 0 Å². The van der Waals surface area contributed by atoms with E-state index in [9.17, 15) is 9.59 Å². The van der Waals surface area contributed by atoms with Crippen molar-refractivity contribution in [2.24, 2.45) is 0 Å². The third kappa shape index (κ3) is 5.73. The lowest BCUT2D eigenvalue weighted by Crippen LogP contribution is -2.51. The Bertz CT molecular complexity index is 803. The van der Waals surface area contributed by atoms with Crippen LogP contribution in [0.2, 0.25) is 0 Å². The number of rotatable bonds is 6. The molecule has 0 aliphatic carbocycles. The molecule has 3 aliphatic rings. The quantitative estimate of drug-likeness (QED) is 0.668. The van der Waals surface area contributed by atoms with E-state index in [-0.39, 0.29) is 17.4 Å².